The predicted molar refractivity (Wildman–Crippen MR) is 124 cm³/mol. The molecule has 0 N–H and O–H groups in total. The molecule has 1 aliphatic rings. The van der Waals surface area contributed by atoms with Crippen LogP contribution in [0.2, 0.25) is 0 Å². The van der Waals surface area contributed by atoms with Gasteiger partial charge in [0, 0.05) is 6.54 Å². The molecular formula is C26H43NO4. The number of amides is 1. The number of likely N-dealkylation sites (tertiary alicyclic amines) is 1. The lowest BCUT2D eigenvalue weighted by Gasteiger charge is -2.22. The van der Waals surface area contributed by atoms with E-state index in [9.17, 15) is 9.59 Å². The minimum Gasteiger partial charge on any atom is -0.464 e. The lowest BCUT2D eigenvalue weighted by Crippen LogP contribution is -2.41. The fourth-order valence-electron chi connectivity index (χ4n) is 4.36. The zero-order chi connectivity index (χ0) is 22.2. The first-order chi connectivity index (χ1) is 15.2. The van der Waals surface area contributed by atoms with Crippen LogP contribution < -0.4 is 0 Å². The number of carbonyl (C=O) groups is 2. The van der Waals surface area contributed by atoms with E-state index in [1.807, 2.05) is 0 Å². The second-order valence-electron chi connectivity index (χ2n) is 8.90. The SMILES string of the molecule is CCCCCCCCCCCCCCCCOC(=O)C1CCCN1C(=O)c1ccco1. The van der Waals surface area contributed by atoms with Gasteiger partial charge in [-0.15, -0.1) is 0 Å². The standard InChI is InChI=1S/C26H43NO4/c1-2-3-4-5-6-7-8-9-10-11-12-13-14-15-21-31-26(29)23-18-16-20-27(23)25(28)24-19-17-22-30-24/h17,19,22-23H,2-16,18,20-21H2,1H3. The quantitative estimate of drug-likeness (QED) is 0.198. The van der Waals surface area contributed by atoms with E-state index in [-0.39, 0.29) is 17.6 Å². The van der Waals surface area contributed by atoms with Crippen LogP contribution in [0, 0.1) is 0 Å². The van der Waals surface area contributed by atoms with Crippen LogP contribution >= 0.6 is 0 Å². The zero-order valence-electron chi connectivity index (χ0n) is 19.6. The Morgan fingerprint density at radius 3 is 2.06 bits per heavy atom. The van der Waals surface area contributed by atoms with Crippen LogP contribution in [0.15, 0.2) is 22.8 Å². The fourth-order valence-corrected chi connectivity index (χ4v) is 4.36. The molecule has 1 fully saturated rings. The monoisotopic (exact) mass is 433 g/mol. The molecule has 1 unspecified atom stereocenters. The number of esters is 1. The Hall–Kier alpha value is -1.78. The number of ether oxygens (including phenoxy) is 1. The van der Waals surface area contributed by atoms with Crippen molar-refractivity contribution in [1.82, 2.24) is 4.90 Å². The summed E-state index contributed by atoms with van der Waals surface area (Å²) in [5.74, 6) is -0.209. The maximum atomic E-state index is 12.5. The topological polar surface area (TPSA) is 59.8 Å². The number of carbonyl (C=O) groups excluding carboxylic acids is 2. The average Bonchev–Trinajstić information content (AvgIpc) is 3.48. The molecule has 1 amide bonds. The molecule has 0 aliphatic carbocycles. The summed E-state index contributed by atoms with van der Waals surface area (Å²) in [6.45, 7) is 3.30. The molecule has 31 heavy (non-hydrogen) atoms. The normalized spacial score (nSPS) is 16.0. The van der Waals surface area contributed by atoms with Crippen LogP contribution in [0.3, 0.4) is 0 Å². The Morgan fingerprint density at radius 2 is 1.52 bits per heavy atom. The first-order valence-electron chi connectivity index (χ1n) is 12.7. The van der Waals surface area contributed by atoms with Gasteiger partial charge in [0.25, 0.3) is 5.91 Å². The van der Waals surface area contributed by atoms with Crippen LogP contribution in [0.4, 0.5) is 0 Å². The Balaban J connectivity index is 1.42. The van der Waals surface area contributed by atoms with Gasteiger partial charge in [0.1, 0.15) is 6.04 Å². The Labute approximate surface area is 188 Å². The van der Waals surface area contributed by atoms with Crippen molar-refractivity contribution in [3.8, 4) is 0 Å². The van der Waals surface area contributed by atoms with Crippen molar-refractivity contribution in [2.24, 2.45) is 0 Å². The Morgan fingerprint density at radius 1 is 0.935 bits per heavy atom. The summed E-state index contributed by atoms with van der Waals surface area (Å²) < 4.78 is 10.7. The van der Waals surface area contributed by atoms with E-state index in [1.54, 1.807) is 17.0 Å². The molecule has 2 rings (SSSR count). The minimum atomic E-state index is -0.468. The van der Waals surface area contributed by atoms with Gasteiger partial charge < -0.3 is 14.1 Å². The van der Waals surface area contributed by atoms with Gasteiger partial charge >= 0.3 is 5.97 Å². The number of furan rings is 1. The van der Waals surface area contributed by atoms with Gasteiger partial charge in [0.05, 0.1) is 12.9 Å². The number of nitrogens with zero attached hydrogens (tertiary/aromatic N) is 1. The van der Waals surface area contributed by atoms with E-state index in [0.29, 0.717) is 19.6 Å². The zero-order valence-corrected chi connectivity index (χ0v) is 19.6. The highest BCUT2D eigenvalue weighted by molar-refractivity contribution is 5.94. The number of hydrogen-bond donors (Lipinski definition) is 0. The maximum absolute atomic E-state index is 12.5. The van der Waals surface area contributed by atoms with Gasteiger partial charge in [-0.2, -0.15) is 0 Å². The molecule has 1 atom stereocenters. The van der Waals surface area contributed by atoms with Crippen molar-refractivity contribution in [2.45, 2.75) is 116 Å². The largest absolute Gasteiger partial charge is 0.464 e. The summed E-state index contributed by atoms with van der Waals surface area (Å²) in [6, 6.07) is 2.86. The summed E-state index contributed by atoms with van der Waals surface area (Å²) in [6.07, 6.45) is 21.3. The number of hydrogen-bond acceptors (Lipinski definition) is 4. The molecule has 1 saturated heterocycles. The molecule has 0 aromatic carbocycles. The molecule has 5 nitrogen and oxygen atoms in total. The van der Waals surface area contributed by atoms with Gasteiger partial charge in [-0.1, -0.05) is 90.4 Å². The molecule has 5 heteroatoms. The molecule has 1 aromatic heterocycles. The van der Waals surface area contributed by atoms with Crippen molar-refractivity contribution in [1.29, 1.82) is 0 Å². The highest BCUT2D eigenvalue weighted by Gasteiger charge is 2.36. The van der Waals surface area contributed by atoms with E-state index < -0.39 is 6.04 Å². The predicted octanol–water partition coefficient (Wildman–Crippen LogP) is 6.91. The van der Waals surface area contributed by atoms with Crippen LogP contribution in [0.25, 0.3) is 0 Å². The molecule has 1 aromatic rings. The summed E-state index contributed by atoms with van der Waals surface area (Å²) in [5.41, 5.74) is 0. The van der Waals surface area contributed by atoms with Crippen molar-refractivity contribution >= 4 is 11.9 Å². The lowest BCUT2D eigenvalue weighted by molar-refractivity contribution is -0.148. The lowest BCUT2D eigenvalue weighted by atomic mass is 10.0. The fraction of sp³-hybridized carbons (Fsp3) is 0.769. The summed E-state index contributed by atoms with van der Waals surface area (Å²) >= 11 is 0. The third-order valence-corrected chi connectivity index (χ3v) is 6.26. The summed E-state index contributed by atoms with van der Waals surface area (Å²) in [7, 11) is 0. The van der Waals surface area contributed by atoms with E-state index in [0.717, 1.165) is 19.3 Å². The summed E-state index contributed by atoms with van der Waals surface area (Å²) in [5, 5.41) is 0. The van der Waals surface area contributed by atoms with Gasteiger partial charge in [0.15, 0.2) is 5.76 Å². The van der Waals surface area contributed by atoms with Crippen molar-refractivity contribution in [2.75, 3.05) is 13.2 Å². The van der Waals surface area contributed by atoms with Gasteiger partial charge in [-0.05, 0) is 31.4 Å². The van der Waals surface area contributed by atoms with Crippen molar-refractivity contribution in [3.05, 3.63) is 24.2 Å². The van der Waals surface area contributed by atoms with E-state index >= 15 is 0 Å². The molecule has 0 saturated carbocycles. The average molecular weight is 434 g/mol. The van der Waals surface area contributed by atoms with Crippen molar-refractivity contribution in [3.63, 3.8) is 0 Å². The smallest absolute Gasteiger partial charge is 0.328 e. The van der Waals surface area contributed by atoms with E-state index in [2.05, 4.69) is 6.92 Å². The molecule has 1 aliphatic heterocycles. The number of unbranched alkanes of at least 4 members (excludes halogenated alkanes) is 13. The highest BCUT2D eigenvalue weighted by Crippen LogP contribution is 2.22. The molecule has 176 valence electrons. The molecular weight excluding hydrogens is 390 g/mol. The molecule has 0 bridgehead atoms. The van der Waals surface area contributed by atoms with Crippen LogP contribution in [-0.2, 0) is 9.53 Å². The third-order valence-electron chi connectivity index (χ3n) is 6.26. The van der Waals surface area contributed by atoms with E-state index in [1.165, 1.54) is 83.3 Å². The second-order valence-corrected chi connectivity index (χ2v) is 8.90. The summed E-state index contributed by atoms with van der Waals surface area (Å²) in [4.78, 5) is 26.5. The van der Waals surface area contributed by atoms with Crippen LogP contribution in [0.5, 0.6) is 0 Å². The maximum Gasteiger partial charge on any atom is 0.328 e. The van der Waals surface area contributed by atoms with Crippen molar-refractivity contribution < 1.29 is 18.7 Å². The Bertz CT molecular complexity index is 599. The third kappa shape index (κ3) is 9.92. The second kappa shape index (κ2) is 15.9. The van der Waals surface area contributed by atoms with Crippen LogP contribution in [0.1, 0.15) is 120 Å². The van der Waals surface area contributed by atoms with Crippen LogP contribution in [-0.4, -0.2) is 36.0 Å². The number of rotatable bonds is 17. The Kier molecular flexibility index (Phi) is 13.1. The highest BCUT2D eigenvalue weighted by atomic mass is 16.5. The first-order valence-corrected chi connectivity index (χ1v) is 12.7. The van der Waals surface area contributed by atoms with Gasteiger partial charge in [-0.3, -0.25) is 4.79 Å². The molecule has 0 radical (unpaired) electrons. The minimum absolute atomic E-state index is 0.221. The molecule has 0 spiro atoms. The molecule has 2 heterocycles. The van der Waals surface area contributed by atoms with E-state index in [4.69, 9.17) is 9.15 Å². The first kappa shape index (κ1) is 25.5. The van der Waals surface area contributed by atoms with Gasteiger partial charge in [-0.25, -0.2) is 4.79 Å². The van der Waals surface area contributed by atoms with Gasteiger partial charge in [0.2, 0.25) is 0 Å².